The number of nitrogens with zero attached hydrogens (tertiary/aromatic N) is 2. The molecule has 1 fully saturated rings. The molecule has 1 aliphatic heterocycles. The van der Waals surface area contributed by atoms with Crippen LogP contribution in [0.5, 0.6) is 0 Å². The minimum atomic E-state index is -3.54. The Bertz CT molecular complexity index is 487. The number of hydrogen-bond acceptors (Lipinski definition) is 3. The Morgan fingerprint density at radius 2 is 1.88 bits per heavy atom. The topological polar surface area (TPSA) is 57.7 Å². The van der Waals surface area contributed by atoms with E-state index in [0.717, 1.165) is 6.42 Å². The molecule has 6 heteroatoms. The molecule has 1 saturated heterocycles. The molecular weight excluding hydrogens is 240 g/mol. The first kappa shape index (κ1) is 12.1. The van der Waals surface area contributed by atoms with Gasteiger partial charge in [-0.25, -0.2) is 0 Å². The number of carbonyl (C=O) groups excluding carboxylic acids is 1. The second-order valence-corrected chi connectivity index (χ2v) is 5.65. The van der Waals surface area contributed by atoms with E-state index in [2.05, 4.69) is 0 Å². The molecule has 0 amide bonds. The lowest BCUT2D eigenvalue weighted by atomic mass is 10.3. The molecule has 0 N–H and O–H groups in total. The Labute approximate surface area is 101 Å². The summed E-state index contributed by atoms with van der Waals surface area (Å²) < 4.78 is 26.9. The highest BCUT2D eigenvalue weighted by atomic mass is 32.2. The van der Waals surface area contributed by atoms with Crippen LogP contribution >= 0.6 is 0 Å². The third-order valence-electron chi connectivity index (χ3n) is 2.70. The predicted octanol–water partition coefficient (Wildman–Crippen LogP) is 0.642. The van der Waals surface area contributed by atoms with Gasteiger partial charge in [0.2, 0.25) is 0 Å². The highest BCUT2D eigenvalue weighted by Crippen LogP contribution is 2.23. The first-order chi connectivity index (χ1) is 8.16. The number of carbonyl (C=O) groups is 1. The number of para-hydroxylation sites is 1. The number of rotatable bonds is 3. The monoisotopic (exact) mass is 254 g/mol. The molecule has 0 aromatic heterocycles. The molecular formula is C11H14N2O3S. The average Bonchev–Trinajstić information content (AvgIpc) is 2.33. The summed E-state index contributed by atoms with van der Waals surface area (Å²) in [5.74, 6) is 0. The first-order valence-corrected chi connectivity index (χ1v) is 6.82. The minimum Gasteiger partial charge on any atom is -0.302 e. The van der Waals surface area contributed by atoms with Crippen LogP contribution in [0, 0.1) is 0 Å². The van der Waals surface area contributed by atoms with E-state index in [9.17, 15) is 13.2 Å². The van der Waals surface area contributed by atoms with Crippen LogP contribution in [0.3, 0.4) is 0 Å². The summed E-state index contributed by atoms with van der Waals surface area (Å²) in [7, 11) is -3.54. The molecule has 0 aliphatic carbocycles. The van der Waals surface area contributed by atoms with Crippen molar-refractivity contribution in [3.8, 4) is 0 Å². The van der Waals surface area contributed by atoms with Gasteiger partial charge in [-0.05, 0) is 18.6 Å². The summed E-state index contributed by atoms with van der Waals surface area (Å²) in [5, 5.41) is 0. The van der Waals surface area contributed by atoms with Gasteiger partial charge in [-0.2, -0.15) is 12.7 Å². The van der Waals surface area contributed by atoms with E-state index in [1.165, 1.54) is 8.61 Å². The van der Waals surface area contributed by atoms with Crippen molar-refractivity contribution < 1.29 is 13.2 Å². The lowest BCUT2D eigenvalue weighted by Crippen LogP contribution is -2.50. The molecule has 0 spiro atoms. The second kappa shape index (κ2) is 4.85. The van der Waals surface area contributed by atoms with Gasteiger partial charge in [0.1, 0.15) is 6.29 Å². The van der Waals surface area contributed by atoms with E-state index in [-0.39, 0.29) is 6.54 Å². The molecule has 92 valence electrons. The minimum absolute atomic E-state index is 0.0777. The van der Waals surface area contributed by atoms with Crippen LogP contribution in [0.4, 0.5) is 5.69 Å². The van der Waals surface area contributed by atoms with Crippen molar-refractivity contribution in [2.24, 2.45) is 0 Å². The fraction of sp³-hybridized carbons (Fsp3) is 0.364. The number of anilines is 1. The summed E-state index contributed by atoms with van der Waals surface area (Å²) in [4.78, 5) is 10.5. The molecule has 0 radical (unpaired) electrons. The molecule has 1 aliphatic rings. The van der Waals surface area contributed by atoms with Gasteiger partial charge in [-0.15, -0.1) is 0 Å². The third-order valence-corrected chi connectivity index (χ3v) is 4.63. The van der Waals surface area contributed by atoms with Crippen LogP contribution in [-0.4, -0.2) is 38.6 Å². The van der Waals surface area contributed by atoms with Crippen LogP contribution in [0.1, 0.15) is 6.42 Å². The van der Waals surface area contributed by atoms with Crippen molar-refractivity contribution in [1.29, 1.82) is 0 Å². The number of benzene rings is 1. The summed E-state index contributed by atoms with van der Waals surface area (Å²) >= 11 is 0. The quantitative estimate of drug-likeness (QED) is 0.744. The van der Waals surface area contributed by atoms with E-state index in [0.29, 0.717) is 25.1 Å². The Hall–Kier alpha value is -1.40. The van der Waals surface area contributed by atoms with Gasteiger partial charge in [0.05, 0.1) is 12.2 Å². The predicted molar refractivity (Wildman–Crippen MR) is 65.0 cm³/mol. The molecule has 17 heavy (non-hydrogen) atoms. The van der Waals surface area contributed by atoms with Crippen LogP contribution < -0.4 is 4.31 Å². The SMILES string of the molecule is O=CCN1CCCN(c2ccccc2)S1(=O)=O. The molecule has 0 saturated carbocycles. The van der Waals surface area contributed by atoms with E-state index in [4.69, 9.17) is 0 Å². The first-order valence-electron chi connectivity index (χ1n) is 5.43. The smallest absolute Gasteiger partial charge is 0.302 e. The lowest BCUT2D eigenvalue weighted by molar-refractivity contribution is -0.108. The summed E-state index contributed by atoms with van der Waals surface area (Å²) in [6, 6.07) is 8.93. The Morgan fingerprint density at radius 1 is 1.18 bits per heavy atom. The molecule has 5 nitrogen and oxygen atoms in total. The maximum absolute atomic E-state index is 12.2. The maximum Gasteiger partial charge on any atom is 0.304 e. The average molecular weight is 254 g/mol. The molecule has 2 rings (SSSR count). The zero-order valence-corrected chi connectivity index (χ0v) is 10.1. The Balaban J connectivity index is 2.32. The molecule has 1 aromatic carbocycles. The fourth-order valence-corrected chi connectivity index (χ4v) is 3.52. The Kier molecular flexibility index (Phi) is 3.44. The fourth-order valence-electron chi connectivity index (χ4n) is 1.89. The molecule has 0 unspecified atom stereocenters. The highest BCUT2D eigenvalue weighted by Gasteiger charge is 2.33. The third kappa shape index (κ3) is 2.32. The Morgan fingerprint density at radius 3 is 2.53 bits per heavy atom. The molecule has 0 atom stereocenters. The van der Waals surface area contributed by atoms with Gasteiger partial charge in [0.25, 0.3) is 0 Å². The largest absolute Gasteiger partial charge is 0.304 e. The van der Waals surface area contributed by atoms with Crippen LogP contribution in [-0.2, 0) is 15.0 Å². The van der Waals surface area contributed by atoms with E-state index < -0.39 is 10.2 Å². The zero-order chi connectivity index (χ0) is 12.3. The summed E-state index contributed by atoms with van der Waals surface area (Å²) in [5.41, 5.74) is 0.642. The lowest BCUT2D eigenvalue weighted by Gasteiger charge is -2.34. The second-order valence-electron chi connectivity index (χ2n) is 3.79. The normalized spacial score (nSPS) is 20.1. The molecule has 1 heterocycles. The van der Waals surface area contributed by atoms with Crippen molar-refractivity contribution in [3.05, 3.63) is 30.3 Å². The van der Waals surface area contributed by atoms with E-state index >= 15 is 0 Å². The van der Waals surface area contributed by atoms with Crippen molar-refractivity contribution >= 4 is 22.2 Å². The molecule has 0 bridgehead atoms. The van der Waals surface area contributed by atoms with Crippen LogP contribution in [0.2, 0.25) is 0 Å². The van der Waals surface area contributed by atoms with Crippen molar-refractivity contribution in [2.75, 3.05) is 23.9 Å². The van der Waals surface area contributed by atoms with Crippen molar-refractivity contribution in [1.82, 2.24) is 4.31 Å². The van der Waals surface area contributed by atoms with E-state index in [1.807, 2.05) is 6.07 Å². The molecule has 1 aromatic rings. The zero-order valence-electron chi connectivity index (χ0n) is 9.32. The van der Waals surface area contributed by atoms with Gasteiger partial charge in [-0.3, -0.25) is 4.31 Å². The number of hydrogen-bond donors (Lipinski definition) is 0. The summed E-state index contributed by atoms with van der Waals surface area (Å²) in [6.45, 7) is 0.789. The van der Waals surface area contributed by atoms with Gasteiger partial charge in [0.15, 0.2) is 0 Å². The van der Waals surface area contributed by atoms with Crippen LogP contribution in [0.25, 0.3) is 0 Å². The van der Waals surface area contributed by atoms with Gasteiger partial charge in [0, 0.05) is 13.1 Å². The van der Waals surface area contributed by atoms with Gasteiger partial charge in [-0.1, -0.05) is 18.2 Å². The van der Waals surface area contributed by atoms with Crippen LogP contribution in [0.15, 0.2) is 30.3 Å². The van der Waals surface area contributed by atoms with Crippen molar-refractivity contribution in [2.45, 2.75) is 6.42 Å². The van der Waals surface area contributed by atoms with E-state index in [1.54, 1.807) is 24.3 Å². The number of aldehydes is 1. The maximum atomic E-state index is 12.2. The van der Waals surface area contributed by atoms with Gasteiger partial charge < -0.3 is 4.79 Å². The summed E-state index contributed by atoms with van der Waals surface area (Å²) in [6.07, 6.45) is 1.34. The standard InChI is InChI=1S/C11H14N2O3S/c14-10-9-12-7-4-8-13(17(12,15)16)11-5-2-1-3-6-11/h1-3,5-6,10H,4,7-9H2. The van der Waals surface area contributed by atoms with Gasteiger partial charge >= 0.3 is 10.2 Å². The highest BCUT2D eigenvalue weighted by molar-refractivity contribution is 7.90. The van der Waals surface area contributed by atoms with Crippen molar-refractivity contribution in [3.63, 3.8) is 0 Å².